The third kappa shape index (κ3) is 1.95. The molecule has 0 bridgehead atoms. The number of fused-ring (bicyclic) bond motifs is 1. The standard InChI is InChI=1S/C15H14N2O/c1-11-8-14(18-13-6-4-3-5-7-13)15-16-12(2)10-17(15)9-11/h3-10H,1-2H3. The minimum Gasteiger partial charge on any atom is -0.453 e. The summed E-state index contributed by atoms with van der Waals surface area (Å²) in [5, 5.41) is 0. The van der Waals surface area contributed by atoms with E-state index in [1.54, 1.807) is 0 Å². The van der Waals surface area contributed by atoms with Gasteiger partial charge in [0, 0.05) is 12.4 Å². The van der Waals surface area contributed by atoms with E-state index in [4.69, 9.17) is 4.74 Å². The Hall–Kier alpha value is -2.29. The Morgan fingerprint density at radius 2 is 1.83 bits per heavy atom. The lowest BCUT2D eigenvalue weighted by Crippen LogP contribution is -1.91. The number of ether oxygens (including phenoxy) is 1. The van der Waals surface area contributed by atoms with Gasteiger partial charge in [-0.25, -0.2) is 4.98 Å². The maximum absolute atomic E-state index is 5.90. The molecule has 0 saturated heterocycles. The van der Waals surface area contributed by atoms with Gasteiger partial charge in [0.15, 0.2) is 11.4 Å². The number of para-hydroxylation sites is 1. The molecule has 0 amide bonds. The summed E-state index contributed by atoms with van der Waals surface area (Å²) >= 11 is 0. The summed E-state index contributed by atoms with van der Waals surface area (Å²) in [6, 6.07) is 11.8. The maximum Gasteiger partial charge on any atom is 0.180 e. The van der Waals surface area contributed by atoms with Crippen molar-refractivity contribution >= 4 is 5.65 Å². The van der Waals surface area contributed by atoms with Crippen molar-refractivity contribution in [3.63, 3.8) is 0 Å². The first-order valence-electron chi connectivity index (χ1n) is 5.91. The molecular weight excluding hydrogens is 224 g/mol. The Bertz CT molecular complexity index is 686. The smallest absolute Gasteiger partial charge is 0.180 e. The van der Waals surface area contributed by atoms with Crippen LogP contribution in [0.25, 0.3) is 5.65 Å². The topological polar surface area (TPSA) is 26.5 Å². The van der Waals surface area contributed by atoms with E-state index >= 15 is 0 Å². The first-order valence-corrected chi connectivity index (χ1v) is 5.91. The lowest BCUT2D eigenvalue weighted by molar-refractivity contribution is 0.484. The highest BCUT2D eigenvalue weighted by atomic mass is 16.5. The van der Waals surface area contributed by atoms with E-state index in [9.17, 15) is 0 Å². The lowest BCUT2D eigenvalue weighted by Gasteiger charge is -2.07. The third-order valence-corrected chi connectivity index (χ3v) is 2.75. The number of aryl methyl sites for hydroxylation is 2. The van der Waals surface area contributed by atoms with Crippen molar-refractivity contribution in [2.45, 2.75) is 13.8 Å². The van der Waals surface area contributed by atoms with E-state index in [0.29, 0.717) is 0 Å². The number of rotatable bonds is 2. The van der Waals surface area contributed by atoms with Crippen LogP contribution in [0, 0.1) is 13.8 Å². The van der Waals surface area contributed by atoms with Crippen molar-refractivity contribution in [1.29, 1.82) is 0 Å². The minimum absolute atomic E-state index is 0.786. The Balaban J connectivity index is 2.10. The maximum atomic E-state index is 5.90. The van der Waals surface area contributed by atoms with E-state index in [2.05, 4.69) is 4.98 Å². The molecule has 0 aliphatic heterocycles. The number of pyridine rings is 1. The van der Waals surface area contributed by atoms with Gasteiger partial charge in [-0.05, 0) is 37.6 Å². The Morgan fingerprint density at radius 1 is 1.06 bits per heavy atom. The van der Waals surface area contributed by atoms with E-state index in [1.807, 2.05) is 67.0 Å². The fraction of sp³-hybridized carbons (Fsp3) is 0.133. The highest BCUT2D eigenvalue weighted by Gasteiger charge is 2.07. The quantitative estimate of drug-likeness (QED) is 0.679. The molecule has 3 aromatic rings. The minimum atomic E-state index is 0.786. The molecule has 0 saturated carbocycles. The average molecular weight is 238 g/mol. The fourth-order valence-corrected chi connectivity index (χ4v) is 2.02. The fourth-order valence-electron chi connectivity index (χ4n) is 2.02. The van der Waals surface area contributed by atoms with Crippen molar-refractivity contribution in [3.8, 4) is 11.5 Å². The summed E-state index contributed by atoms with van der Waals surface area (Å²) in [4.78, 5) is 4.49. The zero-order chi connectivity index (χ0) is 12.5. The number of hydrogen-bond donors (Lipinski definition) is 0. The molecule has 1 aromatic carbocycles. The molecule has 2 heterocycles. The molecule has 0 aliphatic rings. The van der Waals surface area contributed by atoms with E-state index in [1.165, 1.54) is 0 Å². The van der Waals surface area contributed by atoms with Gasteiger partial charge in [-0.1, -0.05) is 18.2 Å². The number of aromatic nitrogens is 2. The van der Waals surface area contributed by atoms with Gasteiger partial charge >= 0.3 is 0 Å². The number of nitrogens with zero attached hydrogens (tertiary/aromatic N) is 2. The average Bonchev–Trinajstić information content (AvgIpc) is 2.71. The second-order valence-electron chi connectivity index (χ2n) is 4.41. The molecular formula is C15H14N2O. The molecule has 0 radical (unpaired) electrons. The Kier molecular flexibility index (Phi) is 2.52. The molecule has 0 fully saturated rings. The molecule has 0 spiro atoms. The van der Waals surface area contributed by atoms with Gasteiger partial charge in [0.05, 0.1) is 5.69 Å². The highest BCUT2D eigenvalue weighted by molar-refractivity contribution is 5.57. The van der Waals surface area contributed by atoms with E-state index in [0.717, 1.165) is 28.4 Å². The van der Waals surface area contributed by atoms with Crippen molar-refractivity contribution < 1.29 is 4.74 Å². The van der Waals surface area contributed by atoms with Crippen LogP contribution in [0.1, 0.15) is 11.3 Å². The zero-order valence-electron chi connectivity index (χ0n) is 10.4. The van der Waals surface area contributed by atoms with Crippen LogP contribution in [-0.2, 0) is 0 Å². The van der Waals surface area contributed by atoms with Crippen LogP contribution in [-0.4, -0.2) is 9.38 Å². The first-order chi connectivity index (χ1) is 8.72. The van der Waals surface area contributed by atoms with Crippen molar-refractivity contribution in [1.82, 2.24) is 9.38 Å². The molecule has 0 unspecified atom stereocenters. The van der Waals surface area contributed by atoms with Crippen molar-refractivity contribution in [3.05, 3.63) is 60.0 Å². The molecule has 3 rings (SSSR count). The highest BCUT2D eigenvalue weighted by Crippen LogP contribution is 2.26. The van der Waals surface area contributed by atoms with Gasteiger partial charge in [-0.15, -0.1) is 0 Å². The van der Waals surface area contributed by atoms with E-state index in [-0.39, 0.29) is 0 Å². The van der Waals surface area contributed by atoms with Gasteiger partial charge in [0.1, 0.15) is 5.75 Å². The predicted molar refractivity (Wildman–Crippen MR) is 71.2 cm³/mol. The van der Waals surface area contributed by atoms with Gasteiger partial charge in [0.2, 0.25) is 0 Å². The molecule has 0 aliphatic carbocycles. The van der Waals surface area contributed by atoms with Gasteiger partial charge in [-0.2, -0.15) is 0 Å². The van der Waals surface area contributed by atoms with Gasteiger partial charge in [0.25, 0.3) is 0 Å². The summed E-state index contributed by atoms with van der Waals surface area (Å²) in [5.74, 6) is 1.61. The summed E-state index contributed by atoms with van der Waals surface area (Å²) < 4.78 is 7.91. The lowest BCUT2D eigenvalue weighted by atomic mass is 10.3. The monoisotopic (exact) mass is 238 g/mol. The van der Waals surface area contributed by atoms with Crippen LogP contribution in [0.2, 0.25) is 0 Å². The summed E-state index contributed by atoms with van der Waals surface area (Å²) in [7, 11) is 0. The summed E-state index contributed by atoms with van der Waals surface area (Å²) in [6.45, 7) is 4.03. The Labute approximate surface area is 106 Å². The number of imidazole rings is 1. The van der Waals surface area contributed by atoms with Crippen LogP contribution in [0.15, 0.2) is 48.8 Å². The van der Waals surface area contributed by atoms with Crippen LogP contribution >= 0.6 is 0 Å². The normalized spacial score (nSPS) is 10.8. The van der Waals surface area contributed by atoms with Crippen molar-refractivity contribution in [2.24, 2.45) is 0 Å². The molecule has 3 heteroatoms. The van der Waals surface area contributed by atoms with Crippen LogP contribution in [0.4, 0.5) is 0 Å². The van der Waals surface area contributed by atoms with Crippen LogP contribution < -0.4 is 4.74 Å². The van der Waals surface area contributed by atoms with Gasteiger partial charge < -0.3 is 9.14 Å². The predicted octanol–water partition coefficient (Wildman–Crippen LogP) is 3.74. The summed E-state index contributed by atoms with van der Waals surface area (Å²) in [5.41, 5.74) is 2.98. The molecule has 90 valence electrons. The largest absolute Gasteiger partial charge is 0.453 e. The molecule has 2 aromatic heterocycles. The van der Waals surface area contributed by atoms with Crippen LogP contribution in [0.5, 0.6) is 11.5 Å². The Morgan fingerprint density at radius 3 is 2.61 bits per heavy atom. The number of hydrogen-bond acceptors (Lipinski definition) is 2. The second-order valence-corrected chi connectivity index (χ2v) is 4.41. The summed E-state index contributed by atoms with van der Waals surface area (Å²) in [6.07, 6.45) is 4.05. The third-order valence-electron chi connectivity index (χ3n) is 2.75. The molecule has 0 N–H and O–H groups in total. The first kappa shape index (κ1) is 10.8. The number of benzene rings is 1. The van der Waals surface area contributed by atoms with E-state index < -0.39 is 0 Å². The molecule has 0 atom stereocenters. The van der Waals surface area contributed by atoms with Gasteiger partial charge in [-0.3, -0.25) is 0 Å². The second kappa shape index (κ2) is 4.18. The zero-order valence-corrected chi connectivity index (χ0v) is 10.4. The SMILES string of the molecule is Cc1cc(Oc2ccccc2)c2nc(C)cn2c1. The molecule has 3 nitrogen and oxygen atoms in total. The van der Waals surface area contributed by atoms with Crippen LogP contribution in [0.3, 0.4) is 0 Å². The van der Waals surface area contributed by atoms with Crippen molar-refractivity contribution in [2.75, 3.05) is 0 Å². The molecule has 18 heavy (non-hydrogen) atoms.